The topological polar surface area (TPSA) is 66.4 Å². The molecule has 1 amide bonds. The van der Waals surface area contributed by atoms with Crippen LogP contribution in [0, 0.1) is 11.6 Å². The molecule has 0 unspecified atom stereocenters. The van der Waals surface area contributed by atoms with E-state index in [0.29, 0.717) is 6.07 Å². The van der Waals surface area contributed by atoms with Crippen LogP contribution in [0.3, 0.4) is 0 Å². The number of carboxylic acid groups (broad SMARTS) is 1. The Hall–Kier alpha value is -2.76. The van der Waals surface area contributed by atoms with Crippen molar-refractivity contribution in [1.82, 2.24) is 5.32 Å². The van der Waals surface area contributed by atoms with E-state index in [9.17, 15) is 23.5 Å². The van der Waals surface area contributed by atoms with E-state index < -0.39 is 35.1 Å². The molecule has 2 N–H and O–H groups in total. The third-order valence-corrected chi connectivity index (χ3v) is 4.04. The summed E-state index contributed by atoms with van der Waals surface area (Å²) in [7, 11) is 0. The number of amides is 1. The average Bonchev–Trinajstić information content (AvgIpc) is 2.53. The lowest BCUT2D eigenvalue weighted by atomic mass is 9.86. The first-order chi connectivity index (χ1) is 12.1. The molecule has 2 aromatic rings. The Labute approximate surface area is 150 Å². The van der Waals surface area contributed by atoms with Gasteiger partial charge in [0.25, 0.3) is 5.91 Å². The normalized spacial score (nSPS) is 12.5. The number of carboxylic acids is 1. The van der Waals surface area contributed by atoms with Gasteiger partial charge in [-0.15, -0.1) is 0 Å². The number of aliphatic carboxylic acids is 1. The number of nitrogens with one attached hydrogen (secondary N) is 1. The summed E-state index contributed by atoms with van der Waals surface area (Å²) in [6.45, 7) is 6.21. The second kappa shape index (κ2) is 7.64. The maximum absolute atomic E-state index is 13.7. The molecule has 0 aliphatic heterocycles. The van der Waals surface area contributed by atoms with E-state index in [-0.39, 0.29) is 11.8 Å². The van der Waals surface area contributed by atoms with Gasteiger partial charge in [0, 0.05) is 12.5 Å². The van der Waals surface area contributed by atoms with Crippen LogP contribution in [-0.4, -0.2) is 23.0 Å². The fourth-order valence-electron chi connectivity index (χ4n) is 2.49. The maximum atomic E-state index is 13.7. The third-order valence-electron chi connectivity index (χ3n) is 4.04. The van der Waals surface area contributed by atoms with Crippen molar-refractivity contribution in [2.75, 3.05) is 0 Å². The van der Waals surface area contributed by atoms with Crippen molar-refractivity contribution in [1.29, 1.82) is 0 Å². The number of rotatable bonds is 5. The first kappa shape index (κ1) is 19.6. The zero-order valence-electron chi connectivity index (χ0n) is 14.8. The number of carbonyl (C=O) groups is 2. The van der Waals surface area contributed by atoms with Crippen LogP contribution in [-0.2, 0) is 16.6 Å². The quantitative estimate of drug-likeness (QED) is 0.854. The zero-order valence-corrected chi connectivity index (χ0v) is 14.8. The van der Waals surface area contributed by atoms with Crippen LogP contribution >= 0.6 is 0 Å². The largest absolute Gasteiger partial charge is 0.480 e. The highest BCUT2D eigenvalue weighted by molar-refractivity contribution is 5.96. The lowest BCUT2D eigenvalue weighted by Gasteiger charge is -2.20. The molecule has 26 heavy (non-hydrogen) atoms. The molecule has 0 aliphatic rings. The highest BCUT2D eigenvalue weighted by Gasteiger charge is 2.23. The minimum absolute atomic E-state index is 0.0287. The molecule has 0 radical (unpaired) electrons. The van der Waals surface area contributed by atoms with Gasteiger partial charge in [-0.25, -0.2) is 13.6 Å². The molecule has 0 saturated heterocycles. The summed E-state index contributed by atoms with van der Waals surface area (Å²) in [6.07, 6.45) is 0.0499. The van der Waals surface area contributed by atoms with E-state index in [1.807, 2.05) is 12.1 Å². The summed E-state index contributed by atoms with van der Waals surface area (Å²) >= 11 is 0. The molecule has 0 heterocycles. The lowest BCUT2D eigenvalue weighted by molar-refractivity contribution is -0.139. The number of benzene rings is 2. The van der Waals surface area contributed by atoms with Crippen molar-refractivity contribution in [3.05, 3.63) is 70.8 Å². The van der Waals surface area contributed by atoms with Gasteiger partial charge < -0.3 is 10.4 Å². The molecule has 0 aliphatic carbocycles. The van der Waals surface area contributed by atoms with Crippen LogP contribution in [0.25, 0.3) is 0 Å². The molecule has 0 bridgehead atoms. The van der Waals surface area contributed by atoms with E-state index in [1.165, 1.54) is 0 Å². The first-order valence-electron chi connectivity index (χ1n) is 8.16. The van der Waals surface area contributed by atoms with E-state index in [0.717, 1.165) is 23.3 Å². The highest BCUT2D eigenvalue weighted by atomic mass is 19.1. The molecular formula is C20H21F2NO3. The standard InChI is InChI=1S/C20H21F2NO3/c1-20(2,3)13-6-4-12(5-7-13)10-17(19(25)26)23-18(24)15-9-8-14(21)11-16(15)22/h4-9,11,17H,10H2,1-3H3,(H,23,24)(H,25,26)/t17-/m1/s1. The monoisotopic (exact) mass is 361 g/mol. The minimum atomic E-state index is -1.24. The molecule has 4 nitrogen and oxygen atoms in total. The molecule has 0 spiro atoms. The number of carbonyl (C=O) groups excluding carboxylic acids is 1. The van der Waals surface area contributed by atoms with Crippen molar-refractivity contribution in [2.24, 2.45) is 0 Å². The Morgan fingerprint density at radius 3 is 2.19 bits per heavy atom. The van der Waals surface area contributed by atoms with E-state index in [1.54, 1.807) is 12.1 Å². The first-order valence-corrected chi connectivity index (χ1v) is 8.16. The van der Waals surface area contributed by atoms with Crippen LogP contribution in [0.1, 0.15) is 42.3 Å². The van der Waals surface area contributed by atoms with Gasteiger partial charge in [0.2, 0.25) is 0 Å². The fraction of sp³-hybridized carbons (Fsp3) is 0.300. The summed E-state index contributed by atoms with van der Waals surface area (Å²) in [4.78, 5) is 23.6. The van der Waals surface area contributed by atoms with E-state index in [4.69, 9.17) is 0 Å². The van der Waals surface area contributed by atoms with Crippen LogP contribution in [0.15, 0.2) is 42.5 Å². The second-order valence-corrected chi connectivity index (χ2v) is 7.14. The summed E-state index contributed by atoms with van der Waals surface area (Å²) in [5, 5.41) is 11.6. The molecule has 6 heteroatoms. The van der Waals surface area contributed by atoms with E-state index >= 15 is 0 Å². The predicted molar refractivity (Wildman–Crippen MR) is 94.1 cm³/mol. The molecule has 0 fully saturated rings. The van der Waals surface area contributed by atoms with Crippen LogP contribution in [0.2, 0.25) is 0 Å². The van der Waals surface area contributed by atoms with Gasteiger partial charge in [-0.1, -0.05) is 45.0 Å². The lowest BCUT2D eigenvalue weighted by Crippen LogP contribution is -2.42. The summed E-state index contributed by atoms with van der Waals surface area (Å²) < 4.78 is 26.6. The fourth-order valence-corrected chi connectivity index (χ4v) is 2.49. The van der Waals surface area contributed by atoms with Crippen molar-refractivity contribution in [3.63, 3.8) is 0 Å². The van der Waals surface area contributed by atoms with Gasteiger partial charge in [-0.3, -0.25) is 4.79 Å². The summed E-state index contributed by atoms with van der Waals surface area (Å²) in [5.41, 5.74) is 1.40. The van der Waals surface area contributed by atoms with Crippen LogP contribution < -0.4 is 5.32 Å². The number of hydrogen-bond acceptors (Lipinski definition) is 2. The minimum Gasteiger partial charge on any atom is -0.480 e. The predicted octanol–water partition coefficient (Wildman–Crippen LogP) is 3.69. The Bertz CT molecular complexity index is 811. The Morgan fingerprint density at radius 2 is 1.69 bits per heavy atom. The molecule has 1 atom stereocenters. The van der Waals surface area contributed by atoms with Gasteiger partial charge in [0.1, 0.15) is 17.7 Å². The molecule has 2 rings (SSSR count). The molecule has 138 valence electrons. The highest BCUT2D eigenvalue weighted by Crippen LogP contribution is 2.22. The van der Waals surface area contributed by atoms with Gasteiger partial charge >= 0.3 is 5.97 Å². The number of halogens is 2. The second-order valence-electron chi connectivity index (χ2n) is 7.14. The van der Waals surface area contributed by atoms with Crippen LogP contribution in [0.4, 0.5) is 8.78 Å². The van der Waals surface area contributed by atoms with Crippen molar-refractivity contribution in [2.45, 2.75) is 38.6 Å². The summed E-state index contributed by atoms with van der Waals surface area (Å²) in [6, 6.07) is 8.71. The molecule has 0 aromatic heterocycles. The van der Waals surface area contributed by atoms with Crippen molar-refractivity contribution >= 4 is 11.9 Å². The molecular weight excluding hydrogens is 340 g/mol. The van der Waals surface area contributed by atoms with E-state index in [2.05, 4.69) is 26.1 Å². The zero-order chi connectivity index (χ0) is 19.5. The van der Waals surface area contributed by atoms with Gasteiger partial charge in [0.05, 0.1) is 5.56 Å². The summed E-state index contributed by atoms with van der Waals surface area (Å²) in [5.74, 6) is -3.99. The van der Waals surface area contributed by atoms with Crippen molar-refractivity contribution < 1.29 is 23.5 Å². The Balaban J connectivity index is 2.14. The van der Waals surface area contributed by atoms with Gasteiger partial charge in [-0.2, -0.15) is 0 Å². The van der Waals surface area contributed by atoms with Gasteiger partial charge in [0.15, 0.2) is 0 Å². The molecule has 0 saturated carbocycles. The number of hydrogen-bond donors (Lipinski definition) is 2. The average molecular weight is 361 g/mol. The smallest absolute Gasteiger partial charge is 0.326 e. The Kier molecular flexibility index (Phi) is 5.75. The van der Waals surface area contributed by atoms with Gasteiger partial charge in [-0.05, 0) is 28.7 Å². The van der Waals surface area contributed by atoms with Crippen LogP contribution in [0.5, 0.6) is 0 Å². The maximum Gasteiger partial charge on any atom is 0.326 e. The third kappa shape index (κ3) is 4.88. The molecule has 2 aromatic carbocycles. The Morgan fingerprint density at radius 1 is 1.08 bits per heavy atom. The van der Waals surface area contributed by atoms with Crippen molar-refractivity contribution in [3.8, 4) is 0 Å². The SMILES string of the molecule is CC(C)(C)c1ccc(C[C@@H](NC(=O)c2ccc(F)cc2F)C(=O)O)cc1.